The van der Waals surface area contributed by atoms with Crippen LogP contribution < -0.4 is 4.74 Å². The smallest absolute Gasteiger partial charge is 0.143 e. The van der Waals surface area contributed by atoms with Gasteiger partial charge in [0, 0.05) is 10.9 Å². The maximum Gasteiger partial charge on any atom is 0.143 e. The largest absolute Gasteiger partial charge is 0.495 e. The first-order valence-corrected chi connectivity index (χ1v) is 5.18. The molecule has 1 aromatic carbocycles. The van der Waals surface area contributed by atoms with Crippen molar-refractivity contribution in [3.63, 3.8) is 0 Å². The Kier molecular flexibility index (Phi) is 2.56. The van der Waals surface area contributed by atoms with Gasteiger partial charge in [0.05, 0.1) is 24.4 Å². The van der Waals surface area contributed by atoms with E-state index < -0.39 is 5.60 Å². The Balaban J connectivity index is 2.84. The zero-order valence-electron chi connectivity index (χ0n) is 9.69. The molecule has 0 amide bonds. The van der Waals surface area contributed by atoms with Crippen molar-refractivity contribution in [1.82, 2.24) is 4.98 Å². The van der Waals surface area contributed by atoms with Crippen LogP contribution in [0.5, 0.6) is 5.75 Å². The van der Waals surface area contributed by atoms with E-state index in [2.05, 4.69) is 4.98 Å². The SMILES string of the molecule is COc1cnc2ccccc2c1C(C)(C)O. The number of aliphatic hydroxyl groups is 1. The molecule has 16 heavy (non-hydrogen) atoms. The summed E-state index contributed by atoms with van der Waals surface area (Å²) in [6.07, 6.45) is 1.65. The first-order chi connectivity index (χ1) is 7.54. The van der Waals surface area contributed by atoms with Crippen LogP contribution in [0, 0.1) is 0 Å². The van der Waals surface area contributed by atoms with E-state index in [1.54, 1.807) is 27.2 Å². The fourth-order valence-corrected chi connectivity index (χ4v) is 1.91. The third kappa shape index (κ3) is 1.74. The molecule has 0 unspecified atom stereocenters. The highest BCUT2D eigenvalue weighted by Gasteiger charge is 2.24. The van der Waals surface area contributed by atoms with E-state index in [4.69, 9.17) is 4.74 Å². The molecule has 0 saturated carbocycles. The molecule has 0 radical (unpaired) electrons. The lowest BCUT2D eigenvalue weighted by molar-refractivity contribution is 0.0772. The standard InChI is InChI=1S/C13H15NO2/c1-13(2,15)12-9-6-4-5-7-10(9)14-8-11(12)16-3/h4-8,15H,1-3H3. The monoisotopic (exact) mass is 217 g/mol. The van der Waals surface area contributed by atoms with E-state index in [0.717, 1.165) is 16.5 Å². The number of pyridine rings is 1. The normalized spacial score (nSPS) is 11.8. The minimum Gasteiger partial charge on any atom is -0.495 e. The van der Waals surface area contributed by atoms with Gasteiger partial charge in [-0.25, -0.2) is 0 Å². The van der Waals surface area contributed by atoms with E-state index in [0.29, 0.717) is 5.75 Å². The molecule has 0 aliphatic carbocycles. The maximum absolute atomic E-state index is 10.2. The van der Waals surface area contributed by atoms with Gasteiger partial charge < -0.3 is 9.84 Å². The topological polar surface area (TPSA) is 42.4 Å². The Morgan fingerprint density at radius 2 is 1.94 bits per heavy atom. The molecule has 84 valence electrons. The second-order valence-corrected chi connectivity index (χ2v) is 4.28. The van der Waals surface area contributed by atoms with Crippen LogP contribution in [0.15, 0.2) is 30.5 Å². The van der Waals surface area contributed by atoms with Gasteiger partial charge in [-0.05, 0) is 19.9 Å². The van der Waals surface area contributed by atoms with Gasteiger partial charge in [0.15, 0.2) is 0 Å². The zero-order chi connectivity index (χ0) is 11.8. The van der Waals surface area contributed by atoms with Crippen molar-refractivity contribution in [3.05, 3.63) is 36.0 Å². The van der Waals surface area contributed by atoms with Crippen LogP contribution >= 0.6 is 0 Å². The number of nitrogens with zero attached hydrogens (tertiary/aromatic N) is 1. The summed E-state index contributed by atoms with van der Waals surface area (Å²) in [4.78, 5) is 4.29. The number of hydrogen-bond donors (Lipinski definition) is 1. The van der Waals surface area contributed by atoms with Crippen molar-refractivity contribution in [1.29, 1.82) is 0 Å². The average Bonchev–Trinajstić information content (AvgIpc) is 2.26. The first kappa shape index (κ1) is 10.9. The van der Waals surface area contributed by atoms with Crippen LogP contribution in [0.1, 0.15) is 19.4 Å². The molecule has 3 nitrogen and oxygen atoms in total. The number of benzene rings is 1. The summed E-state index contributed by atoms with van der Waals surface area (Å²) < 4.78 is 5.26. The number of para-hydroxylation sites is 1. The van der Waals surface area contributed by atoms with Gasteiger partial charge >= 0.3 is 0 Å². The van der Waals surface area contributed by atoms with E-state index in [1.165, 1.54) is 0 Å². The van der Waals surface area contributed by atoms with E-state index >= 15 is 0 Å². The first-order valence-electron chi connectivity index (χ1n) is 5.18. The third-order valence-corrected chi connectivity index (χ3v) is 2.57. The Labute approximate surface area is 94.7 Å². The molecule has 0 atom stereocenters. The molecule has 1 heterocycles. The molecular formula is C13H15NO2. The van der Waals surface area contributed by atoms with Gasteiger partial charge in [-0.15, -0.1) is 0 Å². The minimum atomic E-state index is -0.951. The maximum atomic E-state index is 10.2. The Bertz CT molecular complexity index is 515. The molecule has 0 aliphatic rings. The fourth-order valence-electron chi connectivity index (χ4n) is 1.91. The summed E-state index contributed by atoms with van der Waals surface area (Å²) in [6.45, 7) is 3.49. The second kappa shape index (κ2) is 3.76. The quantitative estimate of drug-likeness (QED) is 0.840. The highest BCUT2D eigenvalue weighted by molar-refractivity contribution is 5.84. The van der Waals surface area contributed by atoms with Gasteiger partial charge in [-0.3, -0.25) is 4.98 Å². The van der Waals surface area contributed by atoms with Gasteiger partial charge in [-0.1, -0.05) is 18.2 Å². The third-order valence-electron chi connectivity index (χ3n) is 2.57. The average molecular weight is 217 g/mol. The molecule has 0 aliphatic heterocycles. The number of methoxy groups -OCH3 is 1. The number of aromatic nitrogens is 1. The Hall–Kier alpha value is -1.61. The lowest BCUT2D eigenvalue weighted by Gasteiger charge is -2.22. The zero-order valence-corrected chi connectivity index (χ0v) is 9.69. The Morgan fingerprint density at radius 1 is 1.25 bits per heavy atom. The lowest BCUT2D eigenvalue weighted by Crippen LogP contribution is -2.17. The predicted octanol–water partition coefficient (Wildman–Crippen LogP) is 2.47. The summed E-state index contributed by atoms with van der Waals surface area (Å²) in [5.74, 6) is 0.617. The molecule has 1 N–H and O–H groups in total. The van der Waals surface area contributed by atoms with Gasteiger partial charge in [-0.2, -0.15) is 0 Å². The summed E-state index contributed by atoms with van der Waals surface area (Å²) in [5, 5.41) is 11.1. The number of ether oxygens (including phenoxy) is 1. The number of hydrogen-bond acceptors (Lipinski definition) is 3. The van der Waals surface area contributed by atoms with Gasteiger partial charge in [0.2, 0.25) is 0 Å². The summed E-state index contributed by atoms with van der Waals surface area (Å²) in [6, 6.07) is 7.72. The lowest BCUT2D eigenvalue weighted by atomic mass is 9.94. The molecule has 0 bridgehead atoms. The van der Waals surface area contributed by atoms with Crippen molar-refractivity contribution >= 4 is 10.9 Å². The molecule has 0 fully saturated rings. The van der Waals surface area contributed by atoms with Gasteiger partial charge in [0.25, 0.3) is 0 Å². The molecule has 1 aromatic heterocycles. The van der Waals surface area contributed by atoms with E-state index in [1.807, 2.05) is 24.3 Å². The minimum absolute atomic E-state index is 0.617. The number of rotatable bonds is 2. The number of fused-ring (bicyclic) bond motifs is 1. The Morgan fingerprint density at radius 3 is 2.56 bits per heavy atom. The van der Waals surface area contributed by atoms with Gasteiger partial charge in [0.1, 0.15) is 5.75 Å². The second-order valence-electron chi connectivity index (χ2n) is 4.28. The van der Waals surface area contributed by atoms with Crippen molar-refractivity contribution in [2.45, 2.75) is 19.4 Å². The molecule has 3 heteroatoms. The molecule has 2 aromatic rings. The van der Waals surface area contributed by atoms with E-state index in [-0.39, 0.29) is 0 Å². The highest BCUT2D eigenvalue weighted by Crippen LogP contribution is 2.34. The predicted molar refractivity (Wildman–Crippen MR) is 63.5 cm³/mol. The van der Waals surface area contributed by atoms with Crippen LogP contribution in [0.25, 0.3) is 10.9 Å². The van der Waals surface area contributed by atoms with E-state index in [9.17, 15) is 5.11 Å². The molecule has 0 spiro atoms. The van der Waals surface area contributed by atoms with Crippen molar-refractivity contribution in [2.24, 2.45) is 0 Å². The summed E-state index contributed by atoms with van der Waals surface area (Å²) in [5.41, 5.74) is 0.689. The molecule has 0 saturated heterocycles. The fraction of sp³-hybridized carbons (Fsp3) is 0.308. The van der Waals surface area contributed by atoms with Crippen LogP contribution in [0.3, 0.4) is 0 Å². The summed E-state index contributed by atoms with van der Waals surface area (Å²) in [7, 11) is 1.58. The van der Waals surface area contributed by atoms with Crippen molar-refractivity contribution in [2.75, 3.05) is 7.11 Å². The van der Waals surface area contributed by atoms with Crippen LogP contribution in [-0.4, -0.2) is 17.2 Å². The van der Waals surface area contributed by atoms with Crippen LogP contribution in [0.2, 0.25) is 0 Å². The molecular weight excluding hydrogens is 202 g/mol. The molecule has 2 rings (SSSR count). The highest BCUT2D eigenvalue weighted by atomic mass is 16.5. The van der Waals surface area contributed by atoms with Crippen molar-refractivity contribution in [3.8, 4) is 5.75 Å². The van der Waals surface area contributed by atoms with Crippen molar-refractivity contribution < 1.29 is 9.84 Å². The van der Waals surface area contributed by atoms with Crippen LogP contribution in [-0.2, 0) is 5.60 Å². The van der Waals surface area contributed by atoms with Crippen LogP contribution in [0.4, 0.5) is 0 Å². The summed E-state index contributed by atoms with van der Waals surface area (Å²) >= 11 is 0.